The molecule has 1 unspecified atom stereocenters. The van der Waals surface area contributed by atoms with Crippen LogP contribution in [-0.2, 0) is 4.74 Å². The predicted octanol–water partition coefficient (Wildman–Crippen LogP) is 2.66. The lowest BCUT2D eigenvalue weighted by Crippen LogP contribution is -2.33. The minimum atomic E-state index is 0.189. The van der Waals surface area contributed by atoms with E-state index in [-0.39, 0.29) is 6.04 Å². The van der Waals surface area contributed by atoms with E-state index in [0.29, 0.717) is 0 Å². The lowest BCUT2D eigenvalue weighted by Gasteiger charge is -2.22. The van der Waals surface area contributed by atoms with Crippen LogP contribution in [0.15, 0.2) is 34.7 Å². The van der Waals surface area contributed by atoms with Crippen molar-refractivity contribution in [3.05, 3.63) is 36.1 Å². The van der Waals surface area contributed by atoms with Crippen LogP contribution in [-0.4, -0.2) is 45.3 Å². The summed E-state index contributed by atoms with van der Waals surface area (Å²) >= 11 is 0. The second kappa shape index (κ2) is 7.43. The van der Waals surface area contributed by atoms with Crippen molar-refractivity contribution in [1.82, 2.24) is 10.2 Å². The van der Waals surface area contributed by atoms with Crippen molar-refractivity contribution in [3.63, 3.8) is 0 Å². The van der Waals surface area contributed by atoms with Gasteiger partial charge in [0.05, 0.1) is 12.6 Å². The Kier molecular flexibility index (Phi) is 5.59. The van der Waals surface area contributed by atoms with Crippen molar-refractivity contribution < 1.29 is 9.15 Å². The van der Waals surface area contributed by atoms with Gasteiger partial charge in [-0.25, -0.2) is 0 Å². The molecule has 0 fully saturated rings. The number of hydrogen-bond acceptors (Lipinski definition) is 4. The van der Waals surface area contributed by atoms with Crippen molar-refractivity contribution in [1.29, 1.82) is 0 Å². The van der Waals surface area contributed by atoms with Gasteiger partial charge in [0, 0.05) is 25.1 Å². The lowest BCUT2D eigenvalue weighted by atomic mass is 10.2. The molecule has 110 valence electrons. The summed E-state index contributed by atoms with van der Waals surface area (Å²) in [5.41, 5.74) is 0.944. The van der Waals surface area contributed by atoms with E-state index < -0.39 is 0 Å². The van der Waals surface area contributed by atoms with E-state index in [0.717, 1.165) is 43.0 Å². The first kappa shape index (κ1) is 15.0. The highest BCUT2D eigenvalue weighted by molar-refractivity contribution is 5.77. The summed E-state index contributed by atoms with van der Waals surface area (Å²) in [7, 11) is 4.07. The molecular weight excluding hydrogens is 252 g/mol. The normalized spacial score (nSPS) is 13.2. The van der Waals surface area contributed by atoms with Crippen LogP contribution in [0.5, 0.6) is 0 Å². The smallest absolute Gasteiger partial charge is 0.134 e. The fourth-order valence-corrected chi connectivity index (χ4v) is 2.27. The third-order valence-electron chi connectivity index (χ3n) is 3.45. The van der Waals surface area contributed by atoms with Gasteiger partial charge in [-0.15, -0.1) is 0 Å². The van der Waals surface area contributed by atoms with Gasteiger partial charge in [0.25, 0.3) is 0 Å². The largest absolute Gasteiger partial charge is 0.459 e. The maximum atomic E-state index is 5.93. The molecule has 0 bridgehead atoms. The summed E-state index contributed by atoms with van der Waals surface area (Å²) < 4.78 is 11.3. The standard InChI is InChI=1S/C16H24N2O2/c1-4-19-10-9-18(3)12-14(17-2)16-11-13-7-5-6-8-15(13)20-16/h5-8,11,14,17H,4,9-10,12H2,1-3H3. The Bertz CT molecular complexity index is 491. The minimum Gasteiger partial charge on any atom is -0.459 e. The first-order valence-electron chi connectivity index (χ1n) is 7.16. The maximum Gasteiger partial charge on any atom is 0.134 e. The Morgan fingerprint density at radius 2 is 2.15 bits per heavy atom. The molecule has 0 amide bonds. The van der Waals surface area contributed by atoms with Gasteiger partial charge in [-0.1, -0.05) is 18.2 Å². The number of likely N-dealkylation sites (N-methyl/N-ethyl adjacent to an activating group) is 2. The van der Waals surface area contributed by atoms with E-state index in [1.807, 2.05) is 32.2 Å². The summed E-state index contributed by atoms with van der Waals surface area (Å²) in [5.74, 6) is 0.983. The first-order chi connectivity index (χ1) is 9.74. The molecular formula is C16H24N2O2. The number of benzene rings is 1. The number of nitrogens with zero attached hydrogens (tertiary/aromatic N) is 1. The van der Waals surface area contributed by atoms with E-state index >= 15 is 0 Å². The Labute approximate surface area is 120 Å². The number of nitrogens with one attached hydrogen (secondary N) is 1. The van der Waals surface area contributed by atoms with Gasteiger partial charge in [-0.2, -0.15) is 0 Å². The number of para-hydroxylation sites is 1. The van der Waals surface area contributed by atoms with Crippen LogP contribution in [0.1, 0.15) is 18.7 Å². The quantitative estimate of drug-likeness (QED) is 0.752. The van der Waals surface area contributed by atoms with Crippen molar-refractivity contribution in [2.45, 2.75) is 13.0 Å². The zero-order valence-corrected chi connectivity index (χ0v) is 12.6. The van der Waals surface area contributed by atoms with Gasteiger partial charge in [0.2, 0.25) is 0 Å². The third-order valence-corrected chi connectivity index (χ3v) is 3.45. The maximum absolute atomic E-state index is 5.93. The highest BCUT2D eigenvalue weighted by Gasteiger charge is 2.16. The van der Waals surface area contributed by atoms with Crippen LogP contribution < -0.4 is 5.32 Å². The van der Waals surface area contributed by atoms with Crippen molar-refractivity contribution in [2.24, 2.45) is 0 Å². The van der Waals surface area contributed by atoms with Gasteiger partial charge < -0.3 is 19.4 Å². The second-order valence-corrected chi connectivity index (χ2v) is 4.99. The van der Waals surface area contributed by atoms with Gasteiger partial charge in [-0.05, 0) is 33.2 Å². The van der Waals surface area contributed by atoms with Gasteiger partial charge in [-0.3, -0.25) is 0 Å². The molecule has 1 aromatic heterocycles. The van der Waals surface area contributed by atoms with E-state index in [9.17, 15) is 0 Å². The second-order valence-electron chi connectivity index (χ2n) is 4.99. The topological polar surface area (TPSA) is 37.6 Å². The van der Waals surface area contributed by atoms with Crippen molar-refractivity contribution in [3.8, 4) is 0 Å². The predicted molar refractivity (Wildman–Crippen MR) is 82.0 cm³/mol. The monoisotopic (exact) mass is 276 g/mol. The summed E-state index contributed by atoms with van der Waals surface area (Å²) in [4.78, 5) is 2.25. The molecule has 1 aromatic carbocycles. The van der Waals surface area contributed by atoms with Crippen LogP contribution in [0.25, 0.3) is 11.0 Å². The number of ether oxygens (including phenoxy) is 1. The molecule has 0 aliphatic rings. The van der Waals surface area contributed by atoms with E-state index in [1.165, 1.54) is 0 Å². The van der Waals surface area contributed by atoms with Gasteiger partial charge in [0.15, 0.2) is 0 Å². The minimum absolute atomic E-state index is 0.189. The highest BCUT2D eigenvalue weighted by atomic mass is 16.5. The Balaban J connectivity index is 2.00. The summed E-state index contributed by atoms with van der Waals surface area (Å²) in [5, 5.41) is 4.48. The molecule has 0 saturated carbocycles. The van der Waals surface area contributed by atoms with Crippen LogP contribution in [0.4, 0.5) is 0 Å². The number of rotatable bonds is 8. The molecule has 0 aliphatic carbocycles. The van der Waals surface area contributed by atoms with Crippen LogP contribution >= 0.6 is 0 Å². The fraction of sp³-hybridized carbons (Fsp3) is 0.500. The van der Waals surface area contributed by atoms with Crippen molar-refractivity contribution in [2.75, 3.05) is 40.4 Å². The Morgan fingerprint density at radius 1 is 1.35 bits per heavy atom. The molecule has 1 heterocycles. The van der Waals surface area contributed by atoms with Gasteiger partial charge in [0.1, 0.15) is 11.3 Å². The van der Waals surface area contributed by atoms with E-state index in [4.69, 9.17) is 9.15 Å². The number of fused-ring (bicyclic) bond motifs is 1. The Morgan fingerprint density at radius 3 is 2.85 bits per heavy atom. The summed E-state index contributed by atoms with van der Waals surface area (Å²) in [6.07, 6.45) is 0. The van der Waals surface area contributed by atoms with E-state index in [1.54, 1.807) is 0 Å². The van der Waals surface area contributed by atoms with Crippen molar-refractivity contribution >= 4 is 11.0 Å². The molecule has 4 heteroatoms. The number of hydrogen-bond donors (Lipinski definition) is 1. The average Bonchev–Trinajstić information content (AvgIpc) is 2.88. The molecule has 0 radical (unpaired) electrons. The molecule has 2 aromatic rings. The lowest BCUT2D eigenvalue weighted by molar-refractivity contribution is 0.118. The molecule has 20 heavy (non-hydrogen) atoms. The SMILES string of the molecule is CCOCCN(C)CC(NC)c1cc2ccccc2o1. The van der Waals surface area contributed by atoms with Crippen LogP contribution in [0, 0.1) is 0 Å². The zero-order valence-electron chi connectivity index (χ0n) is 12.6. The summed E-state index contributed by atoms with van der Waals surface area (Å²) in [6, 6.07) is 10.4. The molecule has 0 aliphatic heterocycles. The molecule has 4 nitrogen and oxygen atoms in total. The molecule has 1 N–H and O–H groups in total. The van der Waals surface area contributed by atoms with Gasteiger partial charge >= 0.3 is 0 Å². The first-order valence-corrected chi connectivity index (χ1v) is 7.16. The summed E-state index contributed by atoms with van der Waals surface area (Å²) in [6.45, 7) is 5.37. The zero-order chi connectivity index (χ0) is 14.4. The van der Waals surface area contributed by atoms with Crippen LogP contribution in [0.3, 0.4) is 0 Å². The average molecular weight is 276 g/mol. The fourth-order valence-electron chi connectivity index (χ4n) is 2.27. The molecule has 0 saturated heterocycles. The van der Waals surface area contributed by atoms with E-state index in [2.05, 4.69) is 29.4 Å². The molecule has 2 rings (SSSR count). The third kappa shape index (κ3) is 3.82. The Hall–Kier alpha value is -1.36. The molecule has 0 spiro atoms. The van der Waals surface area contributed by atoms with Crippen LogP contribution in [0.2, 0.25) is 0 Å². The molecule has 1 atom stereocenters. The number of furan rings is 1. The highest BCUT2D eigenvalue weighted by Crippen LogP contribution is 2.24.